The molecular formula is C37H43N3O5S. The lowest BCUT2D eigenvalue weighted by atomic mass is 10.0. The van der Waals surface area contributed by atoms with Crippen LogP contribution in [0.4, 0.5) is 5.69 Å². The first-order valence-corrected chi connectivity index (χ1v) is 17.0. The predicted octanol–water partition coefficient (Wildman–Crippen LogP) is 6.00. The fourth-order valence-electron chi connectivity index (χ4n) is 4.99. The fraction of sp³-hybridized carbons (Fsp3) is 0.297. The van der Waals surface area contributed by atoms with E-state index in [-0.39, 0.29) is 29.7 Å². The van der Waals surface area contributed by atoms with Crippen molar-refractivity contribution in [1.29, 1.82) is 0 Å². The number of rotatable bonds is 15. The molecule has 0 radical (unpaired) electrons. The number of nitrogens with zero attached hydrogens (tertiary/aromatic N) is 2. The average molecular weight is 642 g/mol. The third-order valence-corrected chi connectivity index (χ3v) is 9.26. The number of carbonyl (C=O) groups is 2. The van der Waals surface area contributed by atoms with Crippen molar-refractivity contribution in [2.24, 2.45) is 5.92 Å². The molecule has 8 nitrogen and oxygen atoms in total. The highest BCUT2D eigenvalue weighted by Gasteiger charge is 2.34. The summed E-state index contributed by atoms with van der Waals surface area (Å²) >= 11 is 0. The van der Waals surface area contributed by atoms with Crippen LogP contribution >= 0.6 is 0 Å². The van der Waals surface area contributed by atoms with E-state index in [9.17, 15) is 18.0 Å². The summed E-state index contributed by atoms with van der Waals surface area (Å²) in [6, 6.07) is 31.0. The van der Waals surface area contributed by atoms with Gasteiger partial charge in [0, 0.05) is 19.5 Å². The summed E-state index contributed by atoms with van der Waals surface area (Å²) < 4.78 is 34.9. The Bertz CT molecular complexity index is 1660. The largest absolute Gasteiger partial charge is 0.494 e. The van der Waals surface area contributed by atoms with E-state index in [2.05, 4.69) is 5.32 Å². The van der Waals surface area contributed by atoms with Crippen LogP contribution in [0.5, 0.6) is 5.75 Å². The molecule has 0 bridgehead atoms. The lowest BCUT2D eigenvalue weighted by Gasteiger charge is -2.34. The second-order valence-corrected chi connectivity index (χ2v) is 13.5. The van der Waals surface area contributed by atoms with E-state index in [4.69, 9.17) is 4.74 Å². The van der Waals surface area contributed by atoms with Crippen molar-refractivity contribution < 1.29 is 22.7 Å². The molecule has 0 heterocycles. The Morgan fingerprint density at radius 1 is 0.804 bits per heavy atom. The highest BCUT2D eigenvalue weighted by atomic mass is 32.2. The fourth-order valence-corrected chi connectivity index (χ4v) is 6.43. The monoisotopic (exact) mass is 641 g/mol. The number of aryl methyl sites for hydroxylation is 1. The van der Waals surface area contributed by atoms with Gasteiger partial charge < -0.3 is 15.0 Å². The van der Waals surface area contributed by atoms with E-state index in [1.165, 1.54) is 17.0 Å². The van der Waals surface area contributed by atoms with Gasteiger partial charge in [0.2, 0.25) is 11.8 Å². The zero-order chi connectivity index (χ0) is 33.1. The highest BCUT2D eigenvalue weighted by molar-refractivity contribution is 7.92. The molecule has 0 saturated heterocycles. The molecule has 4 aromatic rings. The highest BCUT2D eigenvalue weighted by Crippen LogP contribution is 2.27. The molecule has 1 N–H and O–H groups in total. The average Bonchev–Trinajstić information content (AvgIpc) is 3.06. The molecule has 0 spiro atoms. The summed E-state index contributed by atoms with van der Waals surface area (Å²) in [5.41, 5.74) is 3.08. The molecule has 0 saturated carbocycles. The third-order valence-electron chi connectivity index (χ3n) is 7.47. The first-order chi connectivity index (χ1) is 22.1. The maximum absolute atomic E-state index is 14.5. The number of nitrogens with one attached hydrogen (secondary N) is 1. The minimum absolute atomic E-state index is 0.0530. The van der Waals surface area contributed by atoms with Gasteiger partial charge in [-0.05, 0) is 67.3 Å². The molecule has 46 heavy (non-hydrogen) atoms. The number of ether oxygens (including phenoxy) is 1. The van der Waals surface area contributed by atoms with E-state index in [1.807, 2.05) is 82.3 Å². The topological polar surface area (TPSA) is 96.0 Å². The molecule has 2 amide bonds. The molecule has 4 rings (SSSR count). The van der Waals surface area contributed by atoms with Crippen molar-refractivity contribution in [3.63, 3.8) is 0 Å². The van der Waals surface area contributed by atoms with Crippen LogP contribution in [0.25, 0.3) is 0 Å². The first kappa shape index (κ1) is 34.2. The summed E-state index contributed by atoms with van der Waals surface area (Å²) in [6.07, 6.45) is 0.261. The Kier molecular flexibility index (Phi) is 12.0. The van der Waals surface area contributed by atoms with Gasteiger partial charge in [-0.1, -0.05) is 92.2 Å². The van der Waals surface area contributed by atoms with Crippen LogP contribution in [0.15, 0.2) is 114 Å². The first-order valence-electron chi connectivity index (χ1n) is 15.6. The zero-order valence-electron chi connectivity index (χ0n) is 26.9. The van der Waals surface area contributed by atoms with Gasteiger partial charge in [-0.15, -0.1) is 0 Å². The molecule has 0 fully saturated rings. The molecule has 0 aliphatic carbocycles. The number of hydrogen-bond acceptors (Lipinski definition) is 5. The summed E-state index contributed by atoms with van der Waals surface area (Å²) in [6.45, 7) is 8.36. The Balaban J connectivity index is 1.78. The molecule has 0 aromatic heterocycles. The van der Waals surface area contributed by atoms with E-state index < -0.39 is 28.5 Å². The quantitative estimate of drug-likeness (QED) is 0.172. The molecule has 0 aliphatic rings. The van der Waals surface area contributed by atoms with Gasteiger partial charge in [-0.25, -0.2) is 8.42 Å². The molecule has 9 heteroatoms. The molecule has 0 unspecified atom stereocenters. The third kappa shape index (κ3) is 9.20. The van der Waals surface area contributed by atoms with Crippen molar-refractivity contribution in [3.8, 4) is 5.75 Å². The van der Waals surface area contributed by atoms with Crippen molar-refractivity contribution in [1.82, 2.24) is 10.2 Å². The number of amides is 2. The van der Waals surface area contributed by atoms with Gasteiger partial charge in [-0.2, -0.15) is 0 Å². The Hall–Kier alpha value is -4.63. The normalized spacial score (nSPS) is 11.9. The minimum atomic E-state index is -4.17. The van der Waals surface area contributed by atoms with Crippen LogP contribution < -0.4 is 14.4 Å². The van der Waals surface area contributed by atoms with Crippen LogP contribution in [-0.2, 0) is 32.6 Å². The Morgan fingerprint density at radius 2 is 1.41 bits per heavy atom. The second-order valence-electron chi connectivity index (χ2n) is 11.6. The van der Waals surface area contributed by atoms with Crippen LogP contribution in [-0.4, -0.2) is 50.9 Å². The summed E-state index contributed by atoms with van der Waals surface area (Å²) in [5.74, 6) is -0.0136. The van der Waals surface area contributed by atoms with Crippen molar-refractivity contribution in [2.75, 3.05) is 24.0 Å². The van der Waals surface area contributed by atoms with Crippen molar-refractivity contribution >= 4 is 27.5 Å². The van der Waals surface area contributed by atoms with Gasteiger partial charge in [0.15, 0.2) is 0 Å². The smallest absolute Gasteiger partial charge is 0.264 e. The maximum Gasteiger partial charge on any atom is 0.264 e. The Labute approximate surface area is 273 Å². The van der Waals surface area contributed by atoms with E-state index in [0.717, 1.165) is 21.0 Å². The van der Waals surface area contributed by atoms with Crippen molar-refractivity contribution in [3.05, 3.63) is 126 Å². The van der Waals surface area contributed by atoms with E-state index in [1.54, 1.807) is 42.5 Å². The van der Waals surface area contributed by atoms with Gasteiger partial charge in [0.25, 0.3) is 10.0 Å². The van der Waals surface area contributed by atoms with Gasteiger partial charge >= 0.3 is 0 Å². The van der Waals surface area contributed by atoms with Crippen molar-refractivity contribution in [2.45, 2.75) is 51.6 Å². The van der Waals surface area contributed by atoms with Crippen LogP contribution in [0.2, 0.25) is 0 Å². The molecule has 0 aliphatic heterocycles. The standard InChI is InChI=1S/C37H43N3O5S/c1-5-45-33-22-20-32(21-23-33)40(46(43,44)34-14-10-7-11-15-34)27-36(41)39(26-31-18-16-29(4)17-19-31)35(37(42)38-25-28(2)3)24-30-12-8-6-9-13-30/h6-23,28,35H,5,24-27H2,1-4H3,(H,38,42)/t35-/m1/s1. The summed E-state index contributed by atoms with van der Waals surface area (Å²) in [7, 11) is -4.17. The van der Waals surface area contributed by atoms with E-state index in [0.29, 0.717) is 24.6 Å². The summed E-state index contributed by atoms with van der Waals surface area (Å²) in [4.78, 5) is 30.0. The number of anilines is 1. The number of hydrogen-bond donors (Lipinski definition) is 1. The second kappa shape index (κ2) is 16.1. The Morgan fingerprint density at radius 3 is 2.00 bits per heavy atom. The summed E-state index contributed by atoms with van der Waals surface area (Å²) in [5, 5.41) is 3.01. The minimum Gasteiger partial charge on any atom is -0.494 e. The van der Waals surface area contributed by atoms with Crippen LogP contribution in [0.3, 0.4) is 0 Å². The predicted molar refractivity (Wildman–Crippen MR) is 182 cm³/mol. The van der Waals surface area contributed by atoms with Gasteiger partial charge in [-0.3, -0.25) is 13.9 Å². The lowest BCUT2D eigenvalue weighted by molar-refractivity contribution is -0.140. The molecular weight excluding hydrogens is 598 g/mol. The number of sulfonamides is 1. The van der Waals surface area contributed by atoms with Crippen LogP contribution in [0.1, 0.15) is 37.5 Å². The SMILES string of the molecule is CCOc1ccc(N(CC(=O)N(Cc2ccc(C)cc2)[C@H](Cc2ccccc2)C(=O)NCC(C)C)S(=O)(=O)c2ccccc2)cc1. The molecule has 1 atom stereocenters. The molecule has 242 valence electrons. The lowest BCUT2D eigenvalue weighted by Crippen LogP contribution is -2.53. The van der Waals surface area contributed by atoms with Crippen LogP contribution in [0, 0.1) is 12.8 Å². The van der Waals surface area contributed by atoms with Gasteiger partial charge in [0.05, 0.1) is 17.2 Å². The van der Waals surface area contributed by atoms with Gasteiger partial charge in [0.1, 0.15) is 18.3 Å². The zero-order valence-corrected chi connectivity index (χ0v) is 27.7. The molecule has 4 aromatic carbocycles. The maximum atomic E-state index is 14.5. The number of carbonyl (C=O) groups excluding carboxylic acids is 2. The number of benzene rings is 4. The van der Waals surface area contributed by atoms with E-state index >= 15 is 0 Å².